The third-order valence-electron chi connectivity index (χ3n) is 3.57. The Hall–Kier alpha value is -0.640. The summed E-state index contributed by atoms with van der Waals surface area (Å²) in [6, 6.07) is 0.189. The molecule has 1 rings (SSSR count). The van der Waals surface area contributed by atoms with E-state index in [0.717, 1.165) is 32.1 Å². The molecule has 4 heteroatoms. The number of hydrogen-bond acceptors (Lipinski definition) is 2. The maximum Gasteiger partial charge on any atom is 0.233 e. The van der Waals surface area contributed by atoms with Gasteiger partial charge in [0.05, 0.1) is 10.4 Å². The molecule has 0 bridgehead atoms. The lowest BCUT2D eigenvalue weighted by Crippen LogP contribution is -2.49. The summed E-state index contributed by atoms with van der Waals surface area (Å²) in [6.07, 6.45) is 4.69. The monoisotopic (exact) mass is 256 g/mol. The zero-order chi connectivity index (χ0) is 13.1. The van der Waals surface area contributed by atoms with Crippen LogP contribution in [-0.4, -0.2) is 16.9 Å². The molecule has 0 heterocycles. The summed E-state index contributed by atoms with van der Waals surface area (Å²) in [7, 11) is 0. The van der Waals surface area contributed by atoms with Crippen LogP contribution in [0, 0.1) is 11.3 Å². The zero-order valence-electron chi connectivity index (χ0n) is 11.1. The summed E-state index contributed by atoms with van der Waals surface area (Å²) in [5.41, 5.74) is 5.21. The van der Waals surface area contributed by atoms with Gasteiger partial charge in [0.15, 0.2) is 0 Å². The molecule has 1 saturated carbocycles. The normalized spacial score (nSPS) is 20.2. The van der Waals surface area contributed by atoms with Crippen LogP contribution in [-0.2, 0) is 4.79 Å². The molecule has 1 atom stereocenters. The Morgan fingerprint density at radius 2 is 1.88 bits per heavy atom. The molecular weight excluding hydrogens is 232 g/mol. The second kappa shape index (κ2) is 5.80. The van der Waals surface area contributed by atoms with Gasteiger partial charge in [-0.2, -0.15) is 0 Å². The molecule has 0 aromatic rings. The second-order valence-corrected chi connectivity index (χ2v) is 6.10. The van der Waals surface area contributed by atoms with Crippen molar-refractivity contribution >= 4 is 23.1 Å². The summed E-state index contributed by atoms with van der Waals surface area (Å²) in [5.74, 6) is 0.616. The number of carbonyl (C=O) groups is 1. The SMILES string of the molecule is CC(C)CC(C)NC(=O)C1(C(N)=S)CCCC1. The quantitative estimate of drug-likeness (QED) is 0.743. The first-order valence-corrected chi connectivity index (χ1v) is 6.90. The Kier molecular flexibility index (Phi) is 4.92. The van der Waals surface area contributed by atoms with Crippen molar-refractivity contribution in [3.05, 3.63) is 0 Å². The lowest BCUT2D eigenvalue weighted by atomic mass is 9.84. The third kappa shape index (κ3) is 3.41. The number of carbonyl (C=O) groups excluding carboxylic acids is 1. The predicted molar refractivity (Wildman–Crippen MR) is 74.7 cm³/mol. The molecule has 0 radical (unpaired) electrons. The standard InChI is InChI=1S/C13H24N2OS/c1-9(2)8-10(3)15-12(16)13(11(14)17)6-4-5-7-13/h9-10H,4-8H2,1-3H3,(H2,14,17)(H,15,16). The van der Waals surface area contributed by atoms with E-state index in [-0.39, 0.29) is 11.9 Å². The van der Waals surface area contributed by atoms with Crippen LogP contribution in [0.3, 0.4) is 0 Å². The van der Waals surface area contributed by atoms with Gasteiger partial charge in [-0.1, -0.05) is 38.9 Å². The van der Waals surface area contributed by atoms with Crippen molar-refractivity contribution in [2.45, 2.75) is 58.9 Å². The molecule has 1 amide bonds. The Morgan fingerprint density at radius 1 is 1.35 bits per heavy atom. The van der Waals surface area contributed by atoms with E-state index in [1.54, 1.807) is 0 Å². The Bertz CT molecular complexity index is 296. The predicted octanol–water partition coefficient (Wildman–Crippen LogP) is 2.38. The van der Waals surface area contributed by atoms with Crippen molar-refractivity contribution in [3.8, 4) is 0 Å². The van der Waals surface area contributed by atoms with Crippen LogP contribution in [0.4, 0.5) is 0 Å². The van der Waals surface area contributed by atoms with Gasteiger partial charge < -0.3 is 11.1 Å². The number of amides is 1. The van der Waals surface area contributed by atoms with Gasteiger partial charge in [0.2, 0.25) is 5.91 Å². The van der Waals surface area contributed by atoms with E-state index in [0.29, 0.717) is 10.9 Å². The van der Waals surface area contributed by atoms with E-state index in [2.05, 4.69) is 19.2 Å². The molecule has 0 aromatic carbocycles. The maximum absolute atomic E-state index is 12.3. The van der Waals surface area contributed by atoms with Gasteiger partial charge >= 0.3 is 0 Å². The number of nitrogens with one attached hydrogen (secondary N) is 1. The summed E-state index contributed by atoms with van der Waals surface area (Å²) < 4.78 is 0. The molecule has 1 fully saturated rings. The van der Waals surface area contributed by atoms with E-state index in [9.17, 15) is 4.79 Å². The molecule has 3 N–H and O–H groups in total. The van der Waals surface area contributed by atoms with Crippen LogP contribution < -0.4 is 11.1 Å². The summed E-state index contributed by atoms with van der Waals surface area (Å²) in [4.78, 5) is 12.7. The average Bonchev–Trinajstić information content (AvgIpc) is 2.65. The van der Waals surface area contributed by atoms with Crippen LogP contribution in [0.15, 0.2) is 0 Å². The van der Waals surface area contributed by atoms with E-state index < -0.39 is 5.41 Å². The van der Waals surface area contributed by atoms with Crippen LogP contribution in [0.5, 0.6) is 0 Å². The molecule has 0 saturated heterocycles. The minimum Gasteiger partial charge on any atom is -0.392 e. The van der Waals surface area contributed by atoms with Gasteiger partial charge in [-0.15, -0.1) is 0 Å². The molecule has 98 valence electrons. The highest BCUT2D eigenvalue weighted by atomic mass is 32.1. The van der Waals surface area contributed by atoms with Crippen molar-refractivity contribution in [3.63, 3.8) is 0 Å². The van der Waals surface area contributed by atoms with Crippen molar-refractivity contribution in [1.82, 2.24) is 5.32 Å². The summed E-state index contributed by atoms with van der Waals surface area (Å²) in [5, 5.41) is 3.07. The van der Waals surface area contributed by atoms with Gasteiger partial charge in [-0.05, 0) is 32.1 Å². The topological polar surface area (TPSA) is 55.1 Å². The third-order valence-corrected chi connectivity index (χ3v) is 3.96. The van der Waals surface area contributed by atoms with Crippen LogP contribution >= 0.6 is 12.2 Å². The Balaban J connectivity index is 2.64. The molecule has 3 nitrogen and oxygen atoms in total. The number of thiocarbonyl (C=S) groups is 1. The van der Waals surface area contributed by atoms with E-state index in [4.69, 9.17) is 18.0 Å². The molecule has 0 aliphatic heterocycles. The van der Waals surface area contributed by atoms with Crippen molar-refractivity contribution < 1.29 is 4.79 Å². The van der Waals surface area contributed by atoms with Crippen molar-refractivity contribution in [2.24, 2.45) is 17.1 Å². The van der Waals surface area contributed by atoms with Gasteiger partial charge in [-0.25, -0.2) is 0 Å². The van der Waals surface area contributed by atoms with Crippen molar-refractivity contribution in [2.75, 3.05) is 0 Å². The van der Waals surface area contributed by atoms with Gasteiger partial charge in [0.25, 0.3) is 0 Å². The fourth-order valence-corrected chi connectivity index (χ4v) is 2.99. The zero-order valence-corrected chi connectivity index (χ0v) is 11.9. The smallest absolute Gasteiger partial charge is 0.233 e. The highest BCUT2D eigenvalue weighted by Gasteiger charge is 2.44. The molecule has 0 aromatic heterocycles. The first kappa shape index (κ1) is 14.4. The average molecular weight is 256 g/mol. The van der Waals surface area contributed by atoms with Gasteiger partial charge in [0.1, 0.15) is 0 Å². The Morgan fingerprint density at radius 3 is 2.29 bits per heavy atom. The first-order valence-electron chi connectivity index (χ1n) is 6.49. The molecule has 17 heavy (non-hydrogen) atoms. The first-order chi connectivity index (χ1) is 7.88. The minimum atomic E-state index is -0.569. The fourth-order valence-electron chi connectivity index (χ4n) is 2.69. The lowest BCUT2D eigenvalue weighted by molar-refractivity contribution is -0.128. The molecule has 1 aliphatic carbocycles. The summed E-state index contributed by atoms with van der Waals surface area (Å²) >= 11 is 5.10. The number of nitrogens with two attached hydrogens (primary N) is 1. The molecule has 0 spiro atoms. The second-order valence-electron chi connectivity index (χ2n) is 5.66. The fraction of sp³-hybridized carbons (Fsp3) is 0.846. The van der Waals surface area contributed by atoms with Gasteiger partial charge in [0, 0.05) is 6.04 Å². The highest BCUT2D eigenvalue weighted by molar-refractivity contribution is 7.80. The number of rotatable bonds is 5. The number of hydrogen-bond donors (Lipinski definition) is 2. The highest BCUT2D eigenvalue weighted by Crippen LogP contribution is 2.38. The lowest BCUT2D eigenvalue weighted by Gasteiger charge is -2.28. The van der Waals surface area contributed by atoms with Crippen molar-refractivity contribution in [1.29, 1.82) is 0 Å². The maximum atomic E-state index is 12.3. The molecular formula is C13H24N2OS. The van der Waals surface area contributed by atoms with Gasteiger partial charge in [-0.3, -0.25) is 4.79 Å². The summed E-state index contributed by atoms with van der Waals surface area (Å²) in [6.45, 7) is 6.35. The molecule has 1 aliphatic rings. The van der Waals surface area contributed by atoms with E-state index in [1.165, 1.54) is 0 Å². The molecule has 1 unspecified atom stereocenters. The largest absolute Gasteiger partial charge is 0.392 e. The Labute approximate surface area is 110 Å². The van der Waals surface area contributed by atoms with E-state index >= 15 is 0 Å². The van der Waals surface area contributed by atoms with Crippen LogP contribution in [0.25, 0.3) is 0 Å². The minimum absolute atomic E-state index is 0.0376. The van der Waals surface area contributed by atoms with Crippen LogP contribution in [0.2, 0.25) is 0 Å². The van der Waals surface area contributed by atoms with Crippen LogP contribution in [0.1, 0.15) is 52.9 Å². The van der Waals surface area contributed by atoms with E-state index in [1.807, 2.05) is 6.92 Å².